The van der Waals surface area contributed by atoms with Crippen LogP contribution in [0.15, 0.2) is 41.2 Å². The number of carbonyl (C=O) groups excluding carboxylic acids is 1. The average molecular weight is 368 g/mol. The summed E-state index contributed by atoms with van der Waals surface area (Å²) in [6, 6.07) is 11.1. The Bertz CT molecular complexity index is 825. The number of hydrogen-bond donors (Lipinski definition) is 1. The fourth-order valence-corrected chi connectivity index (χ4v) is 3.45. The molecule has 144 valence electrons. The van der Waals surface area contributed by atoms with Crippen molar-refractivity contribution in [1.82, 2.24) is 20.0 Å². The molecule has 1 aliphatic heterocycles. The number of carbonyl (C=O) groups is 1. The predicted molar refractivity (Wildman–Crippen MR) is 106 cm³/mol. The van der Waals surface area contributed by atoms with Crippen LogP contribution in [0.4, 0.5) is 0 Å². The Morgan fingerprint density at radius 2 is 1.81 bits per heavy atom. The predicted octanol–water partition coefficient (Wildman–Crippen LogP) is 2.57. The van der Waals surface area contributed by atoms with Gasteiger partial charge in [-0.25, -0.2) is 4.68 Å². The van der Waals surface area contributed by atoms with Crippen molar-refractivity contribution < 1.29 is 4.79 Å². The molecule has 1 aliphatic rings. The third kappa shape index (κ3) is 5.26. The second-order valence-corrected chi connectivity index (χ2v) is 7.07. The van der Waals surface area contributed by atoms with Gasteiger partial charge < -0.3 is 5.32 Å². The monoisotopic (exact) mass is 368 g/mol. The van der Waals surface area contributed by atoms with E-state index in [4.69, 9.17) is 0 Å². The van der Waals surface area contributed by atoms with Crippen molar-refractivity contribution in [3.8, 4) is 0 Å². The van der Waals surface area contributed by atoms with Gasteiger partial charge in [0.15, 0.2) is 0 Å². The van der Waals surface area contributed by atoms with Gasteiger partial charge in [-0.3, -0.25) is 14.5 Å². The van der Waals surface area contributed by atoms with Crippen LogP contribution >= 0.6 is 0 Å². The Hall–Kier alpha value is -2.47. The lowest BCUT2D eigenvalue weighted by Crippen LogP contribution is -2.31. The second kappa shape index (κ2) is 9.46. The summed E-state index contributed by atoms with van der Waals surface area (Å²) in [5, 5.41) is 7.12. The maximum Gasteiger partial charge on any atom is 0.271 e. The van der Waals surface area contributed by atoms with Gasteiger partial charge in [0, 0.05) is 25.7 Å². The maximum atomic E-state index is 12.5. The summed E-state index contributed by atoms with van der Waals surface area (Å²) in [6.07, 6.45) is 4.64. The smallest absolute Gasteiger partial charge is 0.271 e. The van der Waals surface area contributed by atoms with Gasteiger partial charge in [-0.05, 0) is 49.5 Å². The average Bonchev–Trinajstić information content (AvgIpc) is 2.70. The summed E-state index contributed by atoms with van der Waals surface area (Å²) in [5.74, 6) is -0.257. The zero-order valence-electron chi connectivity index (χ0n) is 16.0. The van der Waals surface area contributed by atoms with Crippen LogP contribution in [-0.4, -0.2) is 33.7 Å². The Balaban J connectivity index is 1.65. The Labute approximate surface area is 160 Å². The summed E-state index contributed by atoms with van der Waals surface area (Å²) in [7, 11) is 0. The largest absolute Gasteiger partial charge is 0.347 e. The molecule has 0 saturated carbocycles. The lowest BCUT2D eigenvalue weighted by molar-refractivity contribution is 0.0943. The quantitative estimate of drug-likeness (QED) is 0.816. The molecule has 0 spiro atoms. The molecule has 0 radical (unpaired) electrons. The molecule has 1 aromatic carbocycles. The van der Waals surface area contributed by atoms with Gasteiger partial charge in [-0.1, -0.05) is 37.6 Å². The highest BCUT2D eigenvalue weighted by atomic mass is 16.2. The van der Waals surface area contributed by atoms with Gasteiger partial charge in [0.2, 0.25) is 0 Å². The molecular formula is C21H28N4O2. The van der Waals surface area contributed by atoms with E-state index < -0.39 is 0 Å². The molecule has 0 atom stereocenters. The minimum absolute atomic E-state index is 0.180. The summed E-state index contributed by atoms with van der Waals surface area (Å²) < 4.78 is 1.35. The Morgan fingerprint density at radius 3 is 2.56 bits per heavy atom. The van der Waals surface area contributed by atoms with Crippen LogP contribution in [0.25, 0.3) is 0 Å². The molecule has 27 heavy (non-hydrogen) atoms. The van der Waals surface area contributed by atoms with E-state index in [0.29, 0.717) is 13.1 Å². The molecule has 2 heterocycles. The molecule has 1 aromatic heterocycles. The molecule has 0 aliphatic carbocycles. The number of hydrogen-bond acceptors (Lipinski definition) is 4. The first-order valence-electron chi connectivity index (χ1n) is 9.83. The number of nitrogens with one attached hydrogen (secondary N) is 1. The van der Waals surface area contributed by atoms with Gasteiger partial charge in [0.25, 0.3) is 11.5 Å². The number of piperidine rings is 1. The highest BCUT2D eigenvalue weighted by Crippen LogP contribution is 2.16. The number of rotatable bonds is 7. The van der Waals surface area contributed by atoms with E-state index in [2.05, 4.69) is 27.4 Å². The van der Waals surface area contributed by atoms with Crippen molar-refractivity contribution in [1.29, 1.82) is 0 Å². The fourth-order valence-electron chi connectivity index (χ4n) is 3.45. The molecule has 1 amide bonds. The molecule has 2 aromatic rings. The number of benzene rings is 1. The van der Waals surface area contributed by atoms with Crippen molar-refractivity contribution in [2.45, 2.75) is 52.2 Å². The van der Waals surface area contributed by atoms with Crippen molar-refractivity contribution >= 4 is 5.91 Å². The zero-order chi connectivity index (χ0) is 19.1. The topological polar surface area (TPSA) is 67.2 Å². The SMILES string of the molecule is CCCn1nc(C(=O)NCc2ccccc2CN2CCCCC2)ccc1=O. The van der Waals surface area contributed by atoms with Crippen LogP contribution < -0.4 is 10.9 Å². The van der Waals surface area contributed by atoms with Crippen molar-refractivity contribution in [2.24, 2.45) is 0 Å². The summed E-state index contributed by atoms with van der Waals surface area (Å²) in [6.45, 7) is 6.15. The van der Waals surface area contributed by atoms with E-state index in [0.717, 1.165) is 31.6 Å². The van der Waals surface area contributed by atoms with Crippen LogP contribution in [-0.2, 0) is 19.6 Å². The second-order valence-electron chi connectivity index (χ2n) is 7.07. The van der Waals surface area contributed by atoms with Gasteiger partial charge in [-0.15, -0.1) is 0 Å². The number of aromatic nitrogens is 2. The molecule has 6 nitrogen and oxygen atoms in total. The summed E-state index contributed by atoms with van der Waals surface area (Å²) in [4.78, 5) is 26.7. The van der Waals surface area contributed by atoms with Gasteiger partial charge in [0.1, 0.15) is 5.69 Å². The van der Waals surface area contributed by atoms with Gasteiger partial charge in [0.05, 0.1) is 0 Å². The molecular weight excluding hydrogens is 340 g/mol. The standard InChI is InChI=1S/C21H28N4O2/c1-2-12-25-20(26)11-10-19(23-25)21(27)22-15-17-8-4-5-9-18(17)16-24-13-6-3-7-14-24/h4-5,8-11H,2-3,6-7,12-16H2,1H3,(H,22,27). The molecule has 1 fully saturated rings. The first-order valence-corrected chi connectivity index (χ1v) is 9.83. The molecule has 1 saturated heterocycles. The first kappa shape index (κ1) is 19.3. The third-order valence-electron chi connectivity index (χ3n) is 4.94. The van der Waals surface area contributed by atoms with Gasteiger partial charge >= 0.3 is 0 Å². The molecule has 0 bridgehead atoms. The van der Waals surface area contributed by atoms with E-state index in [9.17, 15) is 9.59 Å². The van der Waals surface area contributed by atoms with Crippen molar-refractivity contribution in [2.75, 3.05) is 13.1 Å². The molecule has 1 N–H and O–H groups in total. The van der Waals surface area contributed by atoms with Crippen LogP contribution in [0.2, 0.25) is 0 Å². The van der Waals surface area contributed by atoms with Crippen molar-refractivity contribution in [3.63, 3.8) is 0 Å². The van der Waals surface area contributed by atoms with Crippen molar-refractivity contribution in [3.05, 3.63) is 63.6 Å². The molecule has 3 rings (SSSR count). The highest BCUT2D eigenvalue weighted by Gasteiger charge is 2.14. The van der Waals surface area contributed by atoms with E-state index in [1.807, 2.05) is 19.1 Å². The van der Waals surface area contributed by atoms with E-state index in [1.165, 1.54) is 41.6 Å². The van der Waals surface area contributed by atoms with Crippen LogP contribution in [0.1, 0.15) is 54.2 Å². The zero-order valence-corrected chi connectivity index (χ0v) is 16.0. The number of amides is 1. The van der Waals surface area contributed by atoms with E-state index >= 15 is 0 Å². The number of likely N-dealkylation sites (tertiary alicyclic amines) is 1. The Kier molecular flexibility index (Phi) is 6.76. The Morgan fingerprint density at radius 1 is 1.07 bits per heavy atom. The van der Waals surface area contributed by atoms with Crippen LogP contribution in [0.3, 0.4) is 0 Å². The van der Waals surface area contributed by atoms with E-state index in [-0.39, 0.29) is 17.2 Å². The highest BCUT2D eigenvalue weighted by molar-refractivity contribution is 5.91. The summed E-state index contributed by atoms with van der Waals surface area (Å²) in [5.41, 5.74) is 2.47. The normalized spacial score (nSPS) is 14.9. The summed E-state index contributed by atoms with van der Waals surface area (Å²) >= 11 is 0. The van der Waals surface area contributed by atoms with E-state index in [1.54, 1.807) is 0 Å². The molecule has 0 unspecified atom stereocenters. The lowest BCUT2D eigenvalue weighted by Gasteiger charge is -2.27. The third-order valence-corrected chi connectivity index (χ3v) is 4.94. The first-order chi connectivity index (χ1) is 13.2. The lowest BCUT2D eigenvalue weighted by atomic mass is 10.0. The number of aryl methyl sites for hydroxylation is 1. The minimum atomic E-state index is -0.257. The number of nitrogens with zero attached hydrogens (tertiary/aromatic N) is 3. The minimum Gasteiger partial charge on any atom is -0.347 e. The van der Waals surface area contributed by atoms with Gasteiger partial charge in [-0.2, -0.15) is 5.10 Å². The maximum absolute atomic E-state index is 12.5. The molecule has 6 heteroatoms. The fraction of sp³-hybridized carbons (Fsp3) is 0.476. The van der Waals surface area contributed by atoms with Crippen LogP contribution in [0.5, 0.6) is 0 Å². The van der Waals surface area contributed by atoms with Crippen LogP contribution in [0, 0.1) is 0 Å².